The summed E-state index contributed by atoms with van der Waals surface area (Å²) in [6, 6.07) is 10.4. The van der Waals surface area contributed by atoms with E-state index in [1.165, 1.54) is 6.07 Å². The van der Waals surface area contributed by atoms with Crippen LogP contribution in [0.1, 0.15) is 12.5 Å². The zero-order valence-corrected chi connectivity index (χ0v) is 12.0. The molecular weight excluding hydrogens is 270 g/mol. The van der Waals surface area contributed by atoms with E-state index in [0.717, 1.165) is 0 Å². The number of aliphatic hydroxyl groups excluding tert-OH is 1. The SMILES string of the molecule is CCOc1cccc(CO)c1OCCn1ccccc1=O. The molecule has 1 heterocycles. The van der Waals surface area contributed by atoms with Gasteiger partial charge in [-0.2, -0.15) is 0 Å². The van der Waals surface area contributed by atoms with Crippen molar-refractivity contribution in [2.45, 2.75) is 20.1 Å². The first-order valence-corrected chi connectivity index (χ1v) is 6.90. The van der Waals surface area contributed by atoms with E-state index in [1.807, 2.05) is 13.0 Å². The monoisotopic (exact) mass is 289 g/mol. The van der Waals surface area contributed by atoms with E-state index in [2.05, 4.69) is 0 Å². The molecule has 0 radical (unpaired) electrons. The standard InChI is InChI=1S/C16H19NO4/c1-2-20-14-7-5-6-13(12-18)16(14)21-11-10-17-9-4-3-8-15(17)19/h3-9,18H,2,10-12H2,1H3. The van der Waals surface area contributed by atoms with Crippen molar-refractivity contribution in [3.8, 4) is 11.5 Å². The molecule has 0 bridgehead atoms. The maximum absolute atomic E-state index is 11.6. The van der Waals surface area contributed by atoms with Crippen molar-refractivity contribution in [3.63, 3.8) is 0 Å². The van der Waals surface area contributed by atoms with Crippen LogP contribution in [0.25, 0.3) is 0 Å². The van der Waals surface area contributed by atoms with Gasteiger partial charge in [0.15, 0.2) is 11.5 Å². The Kier molecular flexibility index (Phi) is 5.40. The lowest BCUT2D eigenvalue weighted by molar-refractivity contribution is 0.242. The van der Waals surface area contributed by atoms with Crippen molar-refractivity contribution < 1.29 is 14.6 Å². The van der Waals surface area contributed by atoms with E-state index in [1.54, 1.807) is 35.0 Å². The molecule has 0 fully saturated rings. The second-order valence-electron chi connectivity index (χ2n) is 4.42. The van der Waals surface area contributed by atoms with Crippen LogP contribution in [0.4, 0.5) is 0 Å². The molecule has 0 spiro atoms. The van der Waals surface area contributed by atoms with Gasteiger partial charge in [-0.05, 0) is 19.1 Å². The number of benzene rings is 1. The van der Waals surface area contributed by atoms with Crippen molar-refractivity contribution >= 4 is 0 Å². The van der Waals surface area contributed by atoms with E-state index in [0.29, 0.717) is 36.8 Å². The smallest absolute Gasteiger partial charge is 0.250 e. The summed E-state index contributed by atoms with van der Waals surface area (Å²) >= 11 is 0. The van der Waals surface area contributed by atoms with Crippen molar-refractivity contribution in [2.24, 2.45) is 0 Å². The van der Waals surface area contributed by atoms with Gasteiger partial charge < -0.3 is 19.1 Å². The second kappa shape index (κ2) is 7.50. The number of hydrogen-bond acceptors (Lipinski definition) is 4. The fraction of sp³-hybridized carbons (Fsp3) is 0.312. The van der Waals surface area contributed by atoms with Crippen molar-refractivity contribution in [2.75, 3.05) is 13.2 Å². The average Bonchev–Trinajstić information content (AvgIpc) is 2.50. The highest BCUT2D eigenvalue weighted by atomic mass is 16.5. The molecule has 1 aromatic carbocycles. The summed E-state index contributed by atoms with van der Waals surface area (Å²) in [5.74, 6) is 1.13. The fourth-order valence-electron chi connectivity index (χ4n) is 2.01. The Morgan fingerprint density at radius 1 is 1.14 bits per heavy atom. The van der Waals surface area contributed by atoms with Gasteiger partial charge in [0.25, 0.3) is 5.56 Å². The number of aliphatic hydroxyl groups is 1. The van der Waals surface area contributed by atoms with E-state index in [4.69, 9.17) is 9.47 Å². The third-order valence-corrected chi connectivity index (χ3v) is 3.01. The van der Waals surface area contributed by atoms with E-state index in [-0.39, 0.29) is 12.2 Å². The van der Waals surface area contributed by atoms with Gasteiger partial charge >= 0.3 is 0 Å². The largest absolute Gasteiger partial charge is 0.490 e. The molecule has 5 heteroatoms. The molecule has 0 unspecified atom stereocenters. The van der Waals surface area contributed by atoms with Crippen LogP contribution >= 0.6 is 0 Å². The molecule has 1 aromatic heterocycles. The number of pyridine rings is 1. The van der Waals surface area contributed by atoms with Crippen LogP contribution in [0.5, 0.6) is 11.5 Å². The van der Waals surface area contributed by atoms with E-state index >= 15 is 0 Å². The fourth-order valence-corrected chi connectivity index (χ4v) is 2.01. The number of hydrogen-bond donors (Lipinski definition) is 1. The van der Waals surface area contributed by atoms with Gasteiger partial charge in [0.2, 0.25) is 0 Å². The van der Waals surface area contributed by atoms with E-state index in [9.17, 15) is 9.90 Å². The summed E-state index contributed by atoms with van der Waals surface area (Å²) < 4.78 is 12.8. The van der Waals surface area contributed by atoms with Gasteiger partial charge in [0.05, 0.1) is 19.8 Å². The molecule has 2 rings (SSSR count). The van der Waals surface area contributed by atoms with Gasteiger partial charge in [-0.15, -0.1) is 0 Å². The predicted octanol–water partition coefficient (Wildman–Crippen LogP) is 1.82. The van der Waals surface area contributed by atoms with Crippen LogP contribution in [0.15, 0.2) is 47.4 Å². The van der Waals surface area contributed by atoms with Crippen LogP contribution in [-0.4, -0.2) is 22.9 Å². The van der Waals surface area contributed by atoms with Gasteiger partial charge in [-0.1, -0.05) is 18.2 Å². The highest BCUT2D eigenvalue weighted by Crippen LogP contribution is 2.31. The number of ether oxygens (including phenoxy) is 2. The Balaban J connectivity index is 2.09. The molecule has 112 valence electrons. The Hall–Kier alpha value is -2.27. The Morgan fingerprint density at radius 3 is 2.71 bits per heavy atom. The molecule has 0 saturated carbocycles. The zero-order chi connectivity index (χ0) is 15.1. The third-order valence-electron chi connectivity index (χ3n) is 3.01. The minimum atomic E-state index is -0.123. The molecule has 0 aliphatic rings. The summed E-state index contributed by atoms with van der Waals surface area (Å²) in [6.07, 6.45) is 1.72. The third kappa shape index (κ3) is 3.86. The topological polar surface area (TPSA) is 60.7 Å². The average molecular weight is 289 g/mol. The van der Waals surface area contributed by atoms with Crippen molar-refractivity contribution in [1.29, 1.82) is 0 Å². The molecular formula is C16H19NO4. The molecule has 2 aromatic rings. The summed E-state index contributed by atoms with van der Waals surface area (Å²) in [6.45, 7) is 3.04. The number of aromatic nitrogens is 1. The molecule has 0 aliphatic heterocycles. The lowest BCUT2D eigenvalue weighted by atomic mass is 10.2. The van der Waals surface area contributed by atoms with Crippen molar-refractivity contribution in [3.05, 3.63) is 58.5 Å². The normalized spacial score (nSPS) is 10.4. The molecule has 0 aliphatic carbocycles. The predicted molar refractivity (Wildman–Crippen MR) is 79.7 cm³/mol. The minimum Gasteiger partial charge on any atom is -0.490 e. The molecule has 21 heavy (non-hydrogen) atoms. The highest BCUT2D eigenvalue weighted by Gasteiger charge is 2.10. The number of nitrogens with zero attached hydrogens (tertiary/aromatic N) is 1. The summed E-state index contributed by atoms with van der Waals surface area (Å²) in [5, 5.41) is 9.38. The summed E-state index contributed by atoms with van der Waals surface area (Å²) in [4.78, 5) is 11.6. The molecule has 0 saturated heterocycles. The molecule has 0 atom stereocenters. The van der Waals surface area contributed by atoms with Crippen LogP contribution in [0, 0.1) is 0 Å². The first-order valence-electron chi connectivity index (χ1n) is 6.90. The minimum absolute atomic E-state index is 0.0680. The summed E-state index contributed by atoms with van der Waals surface area (Å²) in [5.41, 5.74) is 0.600. The highest BCUT2D eigenvalue weighted by molar-refractivity contribution is 5.46. The van der Waals surface area contributed by atoms with Gasteiger partial charge in [-0.25, -0.2) is 0 Å². The van der Waals surface area contributed by atoms with Crippen LogP contribution < -0.4 is 15.0 Å². The molecule has 1 N–H and O–H groups in total. The maximum atomic E-state index is 11.6. The van der Waals surface area contributed by atoms with Gasteiger partial charge in [0.1, 0.15) is 6.61 Å². The van der Waals surface area contributed by atoms with Crippen molar-refractivity contribution in [1.82, 2.24) is 4.57 Å². The lowest BCUT2D eigenvalue weighted by Crippen LogP contribution is -2.21. The Labute approximate surface area is 123 Å². The lowest BCUT2D eigenvalue weighted by Gasteiger charge is -2.15. The van der Waals surface area contributed by atoms with E-state index < -0.39 is 0 Å². The Morgan fingerprint density at radius 2 is 2.00 bits per heavy atom. The quantitative estimate of drug-likeness (QED) is 0.844. The van der Waals surface area contributed by atoms with Gasteiger partial charge in [0, 0.05) is 17.8 Å². The number of para-hydroxylation sites is 1. The Bertz CT molecular complexity index is 636. The zero-order valence-electron chi connectivity index (χ0n) is 12.0. The number of rotatable bonds is 7. The summed E-state index contributed by atoms with van der Waals surface area (Å²) in [7, 11) is 0. The first-order chi connectivity index (χ1) is 10.3. The molecule has 5 nitrogen and oxygen atoms in total. The molecule has 0 amide bonds. The van der Waals surface area contributed by atoms with Gasteiger partial charge in [-0.3, -0.25) is 4.79 Å². The maximum Gasteiger partial charge on any atom is 0.250 e. The van der Waals surface area contributed by atoms with Crippen LogP contribution in [0.3, 0.4) is 0 Å². The van der Waals surface area contributed by atoms with Crippen LogP contribution in [0.2, 0.25) is 0 Å². The first kappa shape index (κ1) is 15.1. The second-order valence-corrected chi connectivity index (χ2v) is 4.42. The van der Waals surface area contributed by atoms with Crippen LogP contribution in [-0.2, 0) is 13.2 Å².